The molecule has 5 heteroatoms. The van der Waals surface area contributed by atoms with E-state index in [9.17, 15) is 4.79 Å². The minimum Gasteiger partial charge on any atom is -0.352 e. The normalized spacial score (nSPS) is 24.6. The van der Waals surface area contributed by atoms with Gasteiger partial charge in [0.15, 0.2) is 0 Å². The Morgan fingerprint density at radius 1 is 1.32 bits per heavy atom. The molecule has 3 heterocycles. The summed E-state index contributed by atoms with van der Waals surface area (Å²) in [5, 5.41) is 0.204. The number of rotatable bonds is 4. The highest BCUT2D eigenvalue weighted by Gasteiger charge is 2.34. The van der Waals surface area contributed by atoms with E-state index in [4.69, 9.17) is 0 Å². The summed E-state index contributed by atoms with van der Waals surface area (Å²) >= 11 is 1.75. The van der Waals surface area contributed by atoms with E-state index in [-0.39, 0.29) is 11.3 Å². The molecule has 2 saturated heterocycles. The first-order valence-electron chi connectivity index (χ1n) is 7.00. The van der Waals surface area contributed by atoms with E-state index in [1.165, 1.54) is 31.6 Å². The van der Waals surface area contributed by atoms with E-state index >= 15 is 0 Å². The van der Waals surface area contributed by atoms with Crippen LogP contribution in [0.4, 0.5) is 0 Å². The lowest BCUT2D eigenvalue weighted by atomic mass is 10.3. The van der Waals surface area contributed by atoms with Crippen molar-refractivity contribution in [1.29, 1.82) is 0 Å². The molecule has 19 heavy (non-hydrogen) atoms. The molecule has 0 bridgehead atoms. The Morgan fingerprint density at radius 3 is 2.79 bits per heavy atom. The number of carbonyl (C=O) groups is 1. The van der Waals surface area contributed by atoms with E-state index in [0.29, 0.717) is 5.75 Å². The molecule has 104 valence electrons. The number of hydrogen-bond acceptors (Lipinski definition) is 3. The second-order valence-electron chi connectivity index (χ2n) is 5.34. The fraction of sp³-hybridized carbons (Fsp3) is 0.643. The maximum atomic E-state index is 12.1. The minimum absolute atomic E-state index is 0.204. The molecular formula is C14H21N3OS. The van der Waals surface area contributed by atoms with Crippen molar-refractivity contribution in [2.24, 2.45) is 7.05 Å². The maximum Gasteiger partial charge on any atom is 0.233 e. The molecule has 1 aromatic rings. The first-order chi connectivity index (χ1) is 9.25. The number of amides is 1. The van der Waals surface area contributed by atoms with Gasteiger partial charge in [0.2, 0.25) is 5.91 Å². The third kappa shape index (κ3) is 2.67. The van der Waals surface area contributed by atoms with E-state index in [1.807, 2.05) is 0 Å². The molecule has 2 fully saturated rings. The van der Waals surface area contributed by atoms with Crippen molar-refractivity contribution in [3.05, 3.63) is 24.0 Å². The van der Waals surface area contributed by atoms with Gasteiger partial charge < -0.3 is 14.4 Å². The molecule has 3 rings (SSSR count). The molecule has 1 aromatic heterocycles. The number of aryl methyl sites for hydroxylation is 1. The molecular weight excluding hydrogens is 258 g/mol. The van der Waals surface area contributed by atoms with Gasteiger partial charge in [-0.1, -0.05) is 0 Å². The monoisotopic (exact) mass is 279 g/mol. The lowest BCUT2D eigenvalue weighted by molar-refractivity contribution is -0.128. The fourth-order valence-electron chi connectivity index (χ4n) is 2.93. The van der Waals surface area contributed by atoms with Gasteiger partial charge >= 0.3 is 0 Å². The van der Waals surface area contributed by atoms with Crippen LogP contribution in [-0.4, -0.2) is 52.2 Å². The highest BCUT2D eigenvalue weighted by atomic mass is 32.2. The van der Waals surface area contributed by atoms with Crippen LogP contribution in [0.5, 0.6) is 0 Å². The van der Waals surface area contributed by atoms with Crippen LogP contribution in [-0.2, 0) is 11.8 Å². The number of aromatic nitrogens is 1. The summed E-state index contributed by atoms with van der Waals surface area (Å²) < 4.78 is 2.12. The lowest BCUT2D eigenvalue weighted by Crippen LogP contribution is -2.36. The molecule has 1 atom stereocenters. The lowest BCUT2D eigenvalue weighted by Gasteiger charge is -2.26. The molecule has 0 saturated carbocycles. The Bertz CT molecular complexity index is 453. The van der Waals surface area contributed by atoms with Crippen molar-refractivity contribution in [2.45, 2.75) is 18.2 Å². The smallest absolute Gasteiger partial charge is 0.233 e. The number of likely N-dealkylation sites (tertiary alicyclic amines) is 1. The summed E-state index contributed by atoms with van der Waals surface area (Å²) in [6.07, 6.45) is 4.67. The van der Waals surface area contributed by atoms with Crippen molar-refractivity contribution in [3.8, 4) is 0 Å². The molecule has 1 unspecified atom stereocenters. The van der Waals surface area contributed by atoms with Gasteiger partial charge in [-0.15, -0.1) is 11.8 Å². The van der Waals surface area contributed by atoms with Crippen LogP contribution < -0.4 is 0 Å². The molecule has 2 aliphatic heterocycles. The largest absolute Gasteiger partial charge is 0.352 e. The van der Waals surface area contributed by atoms with Crippen molar-refractivity contribution >= 4 is 17.7 Å². The van der Waals surface area contributed by atoms with Crippen molar-refractivity contribution in [3.63, 3.8) is 0 Å². The zero-order valence-electron chi connectivity index (χ0n) is 11.4. The van der Waals surface area contributed by atoms with E-state index in [0.717, 1.165) is 13.1 Å². The van der Waals surface area contributed by atoms with Gasteiger partial charge in [-0.2, -0.15) is 0 Å². The predicted molar refractivity (Wildman–Crippen MR) is 78.0 cm³/mol. The third-order valence-corrected chi connectivity index (χ3v) is 5.29. The van der Waals surface area contributed by atoms with Crippen molar-refractivity contribution in [1.82, 2.24) is 14.4 Å². The standard InChI is InChI=1S/C14H21N3OS/c1-15-6-4-5-12(15)14-17(13(18)11-19-14)10-9-16-7-2-3-8-16/h4-6,14H,2-3,7-11H2,1H3. The molecule has 0 N–H and O–H groups in total. The summed E-state index contributed by atoms with van der Waals surface area (Å²) in [5.74, 6) is 0.908. The SMILES string of the molecule is Cn1cccc1C1SCC(=O)N1CCN1CCCC1. The molecule has 0 aliphatic carbocycles. The van der Waals surface area contributed by atoms with E-state index < -0.39 is 0 Å². The molecule has 1 amide bonds. The van der Waals surface area contributed by atoms with Crippen LogP contribution in [0, 0.1) is 0 Å². The van der Waals surface area contributed by atoms with Gasteiger partial charge in [-0.25, -0.2) is 0 Å². The second kappa shape index (κ2) is 5.59. The van der Waals surface area contributed by atoms with Gasteiger partial charge in [0, 0.05) is 26.3 Å². The zero-order valence-corrected chi connectivity index (χ0v) is 12.2. The Balaban J connectivity index is 1.66. The quantitative estimate of drug-likeness (QED) is 0.840. The number of carbonyl (C=O) groups excluding carboxylic acids is 1. The number of thioether (sulfide) groups is 1. The molecule has 0 aromatic carbocycles. The minimum atomic E-state index is 0.204. The third-order valence-electron chi connectivity index (χ3n) is 4.06. The topological polar surface area (TPSA) is 28.5 Å². The van der Waals surface area contributed by atoms with Crippen LogP contribution in [0.15, 0.2) is 18.3 Å². The first-order valence-corrected chi connectivity index (χ1v) is 8.05. The van der Waals surface area contributed by atoms with E-state index in [2.05, 4.69) is 39.7 Å². The summed E-state index contributed by atoms with van der Waals surface area (Å²) in [4.78, 5) is 16.6. The molecule has 2 aliphatic rings. The summed E-state index contributed by atoms with van der Waals surface area (Å²) in [6.45, 7) is 4.28. The highest BCUT2D eigenvalue weighted by molar-refractivity contribution is 8.00. The number of nitrogens with zero attached hydrogens (tertiary/aromatic N) is 3. The van der Waals surface area contributed by atoms with Gasteiger partial charge in [-0.05, 0) is 38.1 Å². The van der Waals surface area contributed by atoms with Gasteiger partial charge in [-0.3, -0.25) is 4.79 Å². The van der Waals surface area contributed by atoms with Gasteiger partial charge in [0.05, 0.1) is 11.4 Å². The average Bonchev–Trinajstić information content (AvgIpc) is 3.09. The molecule has 0 radical (unpaired) electrons. The average molecular weight is 279 g/mol. The van der Waals surface area contributed by atoms with Crippen molar-refractivity contribution in [2.75, 3.05) is 31.9 Å². The Kier molecular flexibility index (Phi) is 3.84. The number of hydrogen-bond donors (Lipinski definition) is 0. The first kappa shape index (κ1) is 13.1. The zero-order chi connectivity index (χ0) is 13.2. The summed E-state index contributed by atoms with van der Waals surface area (Å²) in [6, 6.07) is 4.18. The fourth-order valence-corrected chi connectivity index (χ4v) is 4.21. The Hall–Kier alpha value is -0.940. The van der Waals surface area contributed by atoms with Crippen LogP contribution in [0.3, 0.4) is 0 Å². The van der Waals surface area contributed by atoms with Gasteiger partial charge in [0.1, 0.15) is 5.37 Å². The molecule has 4 nitrogen and oxygen atoms in total. The second-order valence-corrected chi connectivity index (χ2v) is 6.41. The van der Waals surface area contributed by atoms with Crippen molar-refractivity contribution < 1.29 is 4.79 Å². The molecule has 0 spiro atoms. The summed E-state index contributed by atoms with van der Waals surface area (Å²) in [5.41, 5.74) is 1.23. The maximum absolute atomic E-state index is 12.1. The Labute approximate surface area is 118 Å². The van der Waals surface area contributed by atoms with E-state index in [1.54, 1.807) is 11.8 Å². The highest BCUT2D eigenvalue weighted by Crippen LogP contribution is 2.38. The van der Waals surface area contributed by atoms with Crippen LogP contribution in [0.2, 0.25) is 0 Å². The van der Waals surface area contributed by atoms with Crippen LogP contribution in [0.25, 0.3) is 0 Å². The van der Waals surface area contributed by atoms with Crippen LogP contribution in [0.1, 0.15) is 23.9 Å². The summed E-state index contributed by atoms with van der Waals surface area (Å²) in [7, 11) is 2.05. The predicted octanol–water partition coefficient (Wildman–Crippen LogP) is 1.69. The Morgan fingerprint density at radius 2 is 2.11 bits per heavy atom. The van der Waals surface area contributed by atoms with Gasteiger partial charge in [0.25, 0.3) is 0 Å². The van der Waals surface area contributed by atoms with Crippen LogP contribution >= 0.6 is 11.8 Å².